The molecule has 10 atom stereocenters. The number of nitrogens with two attached hydrogens (primary N) is 3. The lowest BCUT2D eigenvalue weighted by atomic mass is 10.00. The molecule has 1 aromatic heterocycles. The number of thiol groups is 1. The molecule has 26 nitrogen and oxygen atoms in total. The average molecular weight is 1230 g/mol. The molecule has 0 bridgehead atoms. The molecule has 5 rings (SSSR count). The largest absolute Gasteiger partial charge is 0.508 e. The van der Waals surface area contributed by atoms with Crippen LogP contribution in [0.3, 0.4) is 0 Å². The summed E-state index contributed by atoms with van der Waals surface area (Å²) in [5, 5.41) is 53.2. The maximum absolute atomic E-state index is 15.1. The van der Waals surface area contributed by atoms with Crippen LogP contribution in [0.15, 0.2) is 85.1 Å². The van der Waals surface area contributed by atoms with Crippen molar-refractivity contribution < 1.29 is 63.3 Å². The molecule has 1 saturated heterocycles. The van der Waals surface area contributed by atoms with E-state index in [0.29, 0.717) is 48.9 Å². The van der Waals surface area contributed by atoms with Crippen LogP contribution in [0.5, 0.6) is 5.75 Å². The molecule has 0 saturated carbocycles. The molecule has 10 amide bonds. The minimum atomic E-state index is -1.69. The first-order valence-electron chi connectivity index (χ1n) is 28.4. The third kappa shape index (κ3) is 21.0. The Hall–Kier alpha value is -7.76. The standard InChI is InChI=1S/C58H81N13O13S2/c1-33(73)49-57(83)68-44(27-34-12-4-3-5-13-34)58(84)71(2)47(22-25-86-32-48(75)63-45(30-72)55(81)65-40(16-8-10-23-59)51(77)69-46(31-85)50(61)76)56(82)67-42(26-35-18-20-37(74)21-19-35)53(79)66-43(28-36-29-62-39-15-7-6-14-38(36)39)54(80)64-41(52(78)70-49)17-9-11-24-60/h3-7,12-15,18-21,29,33,40-47,49,62,72-74,85H,8-11,16-17,22-28,30-32,59-60H2,1-2H3,(H2,61,76)(H,63,75)(H,64,80)(H,65,81)(H,66,79)(H,67,82)(H,68,83)(H,69,77)(H,70,78)/t33-,40+,41+,42+,43-,44+,45+,46+,47+,49+/m1/s1. The monoisotopic (exact) mass is 1230 g/mol. The van der Waals surface area contributed by atoms with Crippen LogP contribution in [0, 0.1) is 0 Å². The molecule has 1 fully saturated rings. The van der Waals surface area contributed by atoms with Gasteiger partial charge in [-0.05, 0) is 106 Å². The lowest BCUT2D eigenvalue weighted by molar-refractivity contribution is -0.143. The summed E-state index contributed by atoms with van der Waals surface area (Å²) in [4.78, 5) is 145. The van der Waals surface area contributed by atoms with E-state index in [0.717, 1.165) is 27.6 Å². The normalized spacial score (nSPS) is 20.6. The quantitative estimate of drug-likeness (QED) is 0.0212. The summed E-state index contributed by atoms with van der Waals surface area (Å²) in [6, 6.07) is 8.89. The maximum Gasteiger partial charge on any atom is 0.245 e. The highest BCUT2D eigenvalue weighted by Crippen LogP contribution is 2.21. The van der Waals surface area contributed by atoms with Crippen molar-refractivity contribution in [3.8, 4) is 5.75 Å². The van der Waals surface area contributed by atoms with Crippen LogP contribution in [0.1, 0.15) is 68.6 Å². The van der Waals surface area contributed by atoms with Crippen LogP contribution in [-0.4, -0.2) is 189 Å². The number of para-hydroxylation sites is 1. The number of unbranched alkanes of at least 4 members (excludes halogenated alkanes) is 2. The van der Waals surface area contributed by atoms with E-state index in [2.05, 4.69) is 60.1 Å². The molecule has 3 aromatic carbocycles. The Morgan fingerprint density at radius 1 is 0.663 bits per heavy atom. The highest BCUT2D eigenvalue weighted by atomic mass is 32.2. The van der Waals surface area contributed by atoms with Crippen LogP contribution < -0.4 is 59.7 Å². The number of rotatable bonds is 28. The zero-order valence-electron chi connectivity index (χ0n) is 48.1. The number of primary amides is 1. The fraction of sp³-hybridized carbons (Fsp3) is 0.483. The number of carbonyl (C=O) groups is 10. The summed E-state index contributed by atoms with van der Waals surface area (Å²) in [5.41, 5.74) is 19.2. The van der Waals surface area contributed by atoms with Gasteiger partial charge in [0.1, 0.15) is 60.1 Å². The number of benzene rings is 3. The zero-order valence-corrected chi connectivity index (χ0v) is 49.8. The molecule has 0 radical (unpaired) electrons. The molecule has 1 aliphatic rings. The fourth-order valence-electron chi connectivity index (χ4n) is 9.55. The van der Waals surface area contributed by atoms with Gasteiger partial charge in [-0.2, -0.15) is 24.4 Å². The SMILES string of the molecule is C[C@@H](O)[C@@H]1NC(=O)[C@H](CCCCN)NC(=O)[C@@H](Cc2c[nH]c3ccccc23)NC(=O)[C@H](Cc2ccc(O)cc2)NC(=O)[C@H](CCSCC(=O)N[C@@H](CO)C(=O)N[C@@H](CCCCN)C(=O)N[C@@H](CS)C(N)=O)N(C)C(=O)[C@H](Cc2ccccc2)NC1=O. The first-order chi connectivity index (χ1) is 41.2. The van der Waals surface area contributed by atoms with Crippen molar-refractivity contribution in [1.82, 2.24) is 52.4 Å². The topological polar surface area (TPSA) is 425 Å². The smallest absolute Gasteiger partial charge is 0.245 e. The van der Waals surface area contributed by atoms with E-state index < -0.39 is 126 Å². The number of nitrogens with zero attached hydrogens (tertiary/aromatic N) is 1. The minimum Gasteiger partial charge on any atom is -0.508 e. The number of hydrogen-bond acceptors (Lipinski definition) is 17. The Kier molecular flexibility index (Phi) is 28.1. The van der Waals surface area contributed by atoms with Gasteiger partial charge in [-0.1, -0.05) is 60.7 Å². The van der Waals surface area contributed by atoms with Gasteiger partial charge in [-0.3, -0.25) is 47.9 Å². The summed E-state index contributed by atoms with van der Waals surface area (Å²) in [6.07, 6.45) is 1.21. The minimum absolute atomic E-state index is 0.0260. The van der Waals surface area contributed by atoms with E-state index in [4.69, 9.17) is 17.2 Å². The Morgan fingerprint density at radius 3 is 1.88 bits per heavy atom. The van der Waals surface area contributed by atoms with Gasteiger partial charge in [0, 0.05) is 49.2 Å². The van der Waals surface area contributed by atoms with Crippen LogP contribution in [0.4, 0.5) is 0 Å². The van der Waals surface area contributed by atoms with Gasteiger partial charge in [-0.15, -0.1) is 0 Å². The number of thioether (sulfide) groups is 1. The predicted molar refractivity (Wildman–Crippen MR) is 326 cm³/mol. The fourth-order valence-corrected chi connectivity index (χ4v) is 10.6. The first kappa shape index (κ1) is 69.0. The number of nitrogens with one attached hydrogen (secondary N) is 9. The van der Waals surface area contributed by atoms with Crippen LogP contribution in [0.25, 0.3) is 10.9 Å². The second-order valence-electron chi connectivity index (χ2n) is 21.0. The molecule has 1 aliphatic heterocycles. The van der Waals surface area contributed by atoms with Crippen molar-refractivity contribution in [2.45, 2.75) is 132 Å². The molecule has 468 valence electrons. The summed E-state index contributed by atoms with van der Waals surface area (Å²) in [6.45, 7) is 0.921. The molecular formula is C58H81N13O13S2. The lowest BCUT2D eigenvalue weighted by Gasteiger charge is -2.33. The summed E-state index contributed by atoms with van der Waals surface area (Å²) in [7, 11) is 1.31. The number of aromatic amines is 1. The van der Waals surface area contributed by atoms with E-state index in [9.17, 15) is 53.7 Å². The van der Waals surface area contributed by atoms with E-state index in [1.807, 2.05) is 18.2 Å². The third-order valence-electron chi connectivity index (χ3n) is 14.4. The number of aromatic nitrogens is 1. The molecule has 4 aromatic rings. The maximum atomic E-state index is 15.1. The van der Waals surface area contributed by atoms with Crippen molar-refractivity contribution in [1.29, 1.82) is 0 Å². The molecule has 2 heterocycles. The van der Waals surface area contributed by atoms with Crippen LogP contribution in [0.2, 0.25) is 0 Å². The second-order valence-corrected chi connectivity index (χ2v) is 22.5. The molecule has 18 N–H and O–H groups in total. The number of carbonyl (C=O) groups excluding carboxylic acids is 10. The molecule has 0 unspecified atom stereocenters. The Morgan fingerprint density at radius 2 is 1.23 bits per heavy atom. The zero-order chi connectivity index (χ0) is 62.9. The van der Waals surface area contributed by atoms with E-state index >= 15 is 9.59 Å². The van der Waals surface area contributed by atoms with Crippen molar-refractivity contribution in [2.75, 3.05) is 44.0 Å². The molecular weight excluding hydrogens is 1150 g/mol. The number of aliphatic hydroxyl groups excluding tert-OH is 2. The molecule has 0 aliphatic carbocycles. The number of phenols is 1. The number of likely N-dealkylation sites (N-methyl/N-ethyl adjacent to an activating group) is 1. The number of aliphatic hydroxyl groups is 2. The molecule has 28 heteroatoms. The van der Waals surface area contributed by atoms with Gasteiger partial charge in [0.15, 0.2) is 0 Å². The van der Waals surface area contributed by atoms with Crippen LogP contribution in [-0.2, 0) is 67.2 Å². The number of H-pyrrole nitrogens is 1. The summed E-state index contributed by atoms with van der Waals surface area (Å²) >= 11 is 5.02. The second kappa shape index (κ2) is 35.0. The van der Waals surface area contributed by atoms with Gasteiger partial charge < -0.3 is 84.9 Å². The summed E-state index contributed by atoms with van der Waals surface area (Å²) in [5.74, 6) is -9.08. The van der Waals surface area contributed by atoms with Gasteiger partial charge in [0.25, 0.3) is 0 Å². The number of hydrogen-bond donors (Lipinski definition) is 16. The lowest BCUT2D eigenvalue weighted by Crippen LogP contribution is -2.63. The number of phenolic OH excluding ortho intramolecular Hbond substituents is 1. The van der Waals surface area contributed by atoms with Crippen LogP contribution >= 0.6 is 24.4 Å². The van der Waals surface area contributed by atoms with E-state index in [1.165, 1.54) is 38.2 Å². The third-order valence-corrected chi connectivity index (χ3v) is 15.8. The predicted octanol–water partition coefficient (Wildman–Crippen LogP) is -2.21. The Bertz CT molecular complexity index is 2940. The van der Waals surface area contributed by atoms with Crippen molar-refractivity contribution >= 4 is 94.4 Å². The highest BCUT2D eigenvalue weighted by molar-refractivity contribution is 7.99. The van der Waals surface area contributed by atoms with Crippen molar-refractivity contribution in [2.24, 2.45) is 17.2 Å². The average Bonchev–Trinajstić information content (AvgIpc) is 4.13. The number of amides is 10. The highest BCUT2D eigenvalue weighted by Gasteiger charge is 2.39. The number of fused-ring (bicyclic) bond motifs is 1. The summed E-state index contributed by atoms with van der Waals surface area (Å²) < 4.78 is 0. The van der Waals surface area contributed by atoms with Gasteiger partial charge >= 0.3 is 0 Å². The Labute approximate surface area is 508 Å². The van der Waals surface area contributed by atoms with Gasteiger partial charge in [0.05, 0.1) is 18.5 Å². The van der Waals surface area contributed by atoms with Gasteiger partial charge in [0.2, 0.25) is 59.1 Å². The van der Waals surface area contributed by atoms with Crippen molar-refractivity contribution in [3.63, 3.8) is 0 Å². The van der Waals surface area contributed by atoms with Crippen molar-refractivity contribution in [3.05, 3.63) is 102 Å². The van der Waals surface area contributed by atoms with E-state index in [-0.39, 0.29) is 68.1 Å². The number of aromatic hydroxyl groups is 1. The molecule has 86 heavy (non-hydrogen) atoms. The van der Waals surface area contributed by atoms with E-state index in [1.54, 1.807) is 42.6 Å². The Balaban J connectivity index is 1.50. The first-order valence-corrected chi connectivity index (χ1v) is 30.2. The van der Waals surface area contributed by atoms with Gasteiger partial charge in [-0.25, -0.2) is 0 Å². The molecule has 0 spiro atoms.